The molecule has 1 fully saturated rings. The Morgan fingerprint density at radius 1 is 1.41 bits per heavy atom. The third-order valence-electron chi connectivity index (χ3n) is 3.43. The molecule has 2 atom stereocenters. The molecule has 0 aromatic heterocycles. The van der Waals surface area contributed by atoms with E-state index in [-0.39, 0.29) is 12.3 Å². The van der Waals surface area contributed by atoms with E-state index in [9.17, 15) is 9.59 Å². The Kier molecular flexibility index (Phi) is 2.65. The zero-order valence-corrected chi connectivity index (χ0v) is 9.86. The van der Waals surface area contributed by atoms with Crippen molar-refractivity contribution in [2.45, 2.75) is 31.7 Å². The number of aryl methyl sites for hydroxylation is 1. The van der Waals surface area contributed by atoms with Gasteiger partial charge in [-0.25, -0.2) is 4.79 Å². The first-order chi connectivity index (χ1) is 7.93. The van der Waals surface area contributed by atoms with Crippen molar-refractivity contribution >= 4 is 11.9 Å². The topological polar surface area (TPSA) is 66.4 Å². The van der Waals surface area contributed by atoms with Gasteiger partial charge in [0.05, 0.1) is 0 Å². The van der Waals surface area contributed by atoms with E-state index in [4.69, 9.17) is 5.11 Å². The summed E-state index contributed by atoms with van der Waals surface area (Å²) in [5, 5.41) is 11.7. The highest BCUT2D eigenvalue weighted by atomic mass is 16.4. The zero-order chi connectivity index (χ0) is 12.6. The number of carbonyl (C=O) groups excluding carboxylic acids is 1. The van der Waals surface area contributed by atoms with E-state index in [2.05, 4.69) is 5.32 Å². The van der Waals surface area contributed by atoms with E-state index < -0.39 is 17.4 Å². The summed E-state index contributed by atoms with van der Waals surface area (Å²) in [6, 6.07) is 6.81. The first-order valence-electron chi connectivity index (χ1n) is 5.53. The van der Waals surface area contributed by atoms with Crippen molar-refractivity contribution < 1.29 is 14.7 Å². The molecular weight excluding hydrogens is 218 g/mol. The Balaban J connectivity index is 2.43. The van der Waals surface area contributed by atoms with Crippen molar-refractivity contribution in [3.05, 3.63) is 35.4 Å². The lowest BCUT2D eigenvalue weighted by molar-refractivity contribution is -0.141. The molecule has 1 aliphatic rings. The van der Waals surface area contributed by atoms with E-state index in [1.54, 1.807) is 0 Å². The van der Waals surface area contributed by atoms with Gasteiger partial charge in [0.25, 0.3) is 0 Å². The van der Waals surface area contributed by atoms with E-state index in [1.807, 2.05) is 38.1 Å². The highest BCUT2D eigenvalue weighted by Gasteiger charge is 2.48. The standard InChI is InChI=1S/C13H15NO3/c1-8-3-5-9(6-4-8)13(2)7-10(15)14-11(13)12(16)17/h3-6,11H,7H2,1-2H3,(H,14,15)(H,16,17). The number of rotatable bonds is 2. The van der Waals surface area contributed by atoms with E-state index in [0.29, 0.717) is 0 Å². The average molecular weight is 233 g/mol. The molecule has 1 amide bonds. The summed E-state index contributed by atoms with van der Waals surface area (Å²) in [5.41, 5.74) is 1.33. The summed E-state index contributed by atoms with van der Waals surface area (Å²) in [7, 11) is 0. The molecule has 4 nitrogen and oxygen atoms in total. The second kappa shape index (κ2) is 3.87. The molecule has 90 valence electrons. The Morgan fingerprint density at radius 2 is 2.00 bits per heavy atom. The van der Waals surface area contributed by atoms with Crippen molar-refractivity contribution in [3.8, 4) is 0 Å². The lowest BCUT2D eigenvalue weighted by Crippen LogP contribution is -2.44. The van der Waals surface area contributed by atoms with Crippen LogP contribution in [0.4, 0.5) is 0 Å². The number of hydrogen-bond donors (Lipinski definition) is 2. The Bertz CT molecular complexity index is 466. The van der Waals surface area contributed by atoms with Gasteiger partial charge in [-0.2, -0.15) is 0 Å². The van der Waals surface area contributed by atoms with Gasteiger partial charge in [-0.1, -0.05) is 36.8 Å². The second-order valence-electron chi connectivity index (χ2n) is 4.80. The fraction of sp³-hybridized carbons (Fsp3) is 0.385. The maximum absolute atomic E-state index is 11.4. The maximum atomic E-state index is 11.4. The predicted molar refractivity (Wildman–Crippen MR) is 62.7 cm³/mol. The monoisotopic (exact) mass is 233 g/mol. The second-order valence-corrected chi connectivity index (χ2v) is 4.80. The Hall–Kier alpha value is -1.84. The summed E-state index contributed by atoms with van der Waals surface area (Å²) in [6.07, 6.45) is 0.215. The molecule has 0 bridgehead atoms. The predicted octanol–water partition coefficient (Wildman–Crippen LogP) is 1.23. The molecule has 1 saturated heterocycles. The highest BCUT2D eigenvalue weighted by Crippen LogP contribution is 2.35. The molecular formula is C13H15NO3. The number of hydrogen-bond acceptors (Lipinski definition) is 2. The van der Waals surface area contributed by atoms with Crippen molar-refractivity contribution in [2.75, 3.05) is 0 Å². The fourth-order valence-corrected chi connectivity index (χ4v) is 2.34. The van der Waals surface area contributed by atoms with Crippen molar-refractivity contribution in [1.29, 1.82) is 0 Å². The van der Waals surface area contributed by atoms with E-state index >= 15 is 0 Å². The molecule has 2 N–H and O–H groups in total. The Labute approximate surface area is 99.6 Å². The minimum absolute atomic E-state index is 0.208. The molecule has 2 unspecified atom stereocenters. The molecule has 1 aliphatic heterocycles. The van der Waals surface area contributed by atoms with Crippen LogP contribution in [0, 0.1) is 6.92 Å². The van der Waals surface area contributed by atoms with Crippen LogP contribution in [0.15, 0.2) is 24.3 Å². The van der Waals surface area contributed by atoms with Gasteiger partial charge in [0, 0.05) is 11.8 Å². The zero-order valence-electron chi connectivity index (χ0n) is 9.86. The van der Waals surface area contributed by atoms with Crippen LogP contribution >= 0.6 is 0 Å². The number of carboxylic acids is 1. The van der Waals surface area contributed by atoms with Crippen molar-refractivity contribution in [1.82, 2.24) is 5.32 Å². The van der Waals surface area contributed by atoms with Crippen LogP contribution in [0.3, 0.4) is 0 Å². The van der Waals surface area contributed by atoms with Crippen LogP contribution in [-0.2, 0) is 15.0 Å². The summed E-state index contributed by atoms with van der Waals surface area (Å²) >= 11 is 0. The molecule has 0 saturated carbocycles. The number of carboxylic acid groups (broad SMARTS) is 1. The highest BCUT2D eigenvalue weighted by molar-refractivity contribution is 5.90. The lowest BCUT2D eigenvalue weighted by atomic mass is 9.76. The first-order valence-corrected chi connectivity index (χ1v) is 5.53. The Morgan fingerprint density at radius 3 is 2.53 bits per heavy atom. The summed E-state index contributed by atoms with van der Waals surface area (Å²) < 4.78 is 0. The van der Waals surface area contributed by atoms with Gasteiger partial charge in [-0.05, 0) is 12.5 Å². The smallest absolute Gasteiger partial charge is 0.327 e. The number of carbonyl (C=O) groups is 2. The quantitative estimate of drug-likeness (QED) is 0.807. The first kappa shape index (κ1) is 11.6. The third kappa shape index (κ3) is 1.90. The van der Waals surface area contributed by atoms with Gasteiger partial charge in [0.2, 0.25) is 5.91 Å². The lowest BCUT2D eigenvalue weighted by Gasteiger charge is -2.27. The molecule has 0 radical (unpaired) electrons. The molecule has 1 heterocycles. The molecule has 1 aromatic rings. The van der Waals surface area contributed by atoms with Gasteiger partial charge in [-0.3, -0.25) is 4.79 Å². The van der Waals surface area contributed by atoms with Gasteiger partial charge in [0.15, 0.2) is 0 Å². The van der Waals surface area contributed by atoms with Gasteiger partial charge in [0.1, 0.15) is 6.04 Å². The average Bonchev–Trinajstić information content (AvgIpc) is 2.56. The summed E-state index contributed by atoms with van der Waals surface area (Å²) in [4.78, 5) is 22.6. The van der Waals surface area contributed by atoms with Gasteiger partial charge >= 0.3 is 5.97 Å². The summed E-state index contributed by atoms with van der Waals surface area (Å²) in [5.74, 6) is -1.19. The number of nitrogens with one attached hydrogen (secondary N) is 1. The van der Waals surface area contributed by atoms with Crippen LogP contribution in [0.1, 0.15) is 24.5 Å². The van der Waals surface area contributed by atoms with Gasteiger partial charge in [-0.15, -0.1) is 0 Å². The SMILES string of the molecule is Cc1ccc(C2(C)CC(=O)NC2C(=O)O)cc1. The van der Waals surface area contributed by atoms with Crippen LogP contribution in [0.5, 0.6) is 0 Å². The minimum Gasteiger partial charge on any atom is -0.480 e. The largest absolute Gasteiger partial charge is 0.480 e. The van der Waals surface area contributed by atoms with Crippen molar-refractivity contribution in [2.24, 2.45) is 0 Å². The molecule has 1 aromatic carbocycles. The van der Waals surface area contributed by atoms with Gasteiger partial charge < -0.3 is 10.4 Å². The molecule has 0 aliphatic carbocycles. The van der Waals surface area contributed by atoms with E-state index in [1.165, 1.54) is 0 Å². The minimum atomic E-state index is -0.987. The van der Waals surface area contributed by atoms with Crippen LogP contribution in [0.2, 0.25) is 0 Å². The number of aliphatic carboxylic acids is 1. The molecule has 0 spiro atoms. The van der Waals surface area contributed by atoms with E-state index in [0.717, 1.165) is 11.1 Å². The maximum Gasteiger partial charge on any atom is 0.327 e. The third-order valence-corrected chi connectivity index (χ3v) is 3.43. The number of amides is 1. The summed E-state index contributed by atoms with van der Waals surface area (Å²) in [6.45, 7) is 3.78. The van der Waals surface area contributed by atoms with Crippen LogP contribution < -0.4 is 5.32 Å². The molecule has 2 rings (SSSR count). The molecule has 4 heteroatoms. The van der Waals surface area contributed by atoms with Crippen LogP contribution in [-0.4, -0.2) is 23.0 Å². The molecule has 17 heavy (non-hydrogen) atoms. The normalized spacial score (nSPS) is 27.9. The fourth-order valence-electron chi connectivity index (χ4n) is 2.34. The number of benzene rings is 1. The van der Waals surface area contributed by atoms with Crippen LogP contribution in [0.25, 0.3) is 0 Å². The van der Waals surface area contributed by atoms with Crippen molar-refractivity contribution in [3.63, 3.8) is 0 Å².